The summed E-state index contributed by atoms with van der Waals surface area (Å²) < 4.78 is 1.91. The Balaban J connectivity index is 1.51. The molecule has 27 heavy (non-hydrogen) atoms. The van der Waals surface area contributed by atoms with Gasteiger partial charge in [0.2, 0.25) is 0 Å². The van der Waals surface area contributed by atoms with Crippen molar-refractivity contribution in [1.82, 2.24) is 9.55 Å². The Hall–Kier alpha value is -2.81. The van der Waals surface area contributed by atoms with E-state index >= 15 is 0 Å². The van der Waals surface area contributed by atoms with Crippen molar-refractivity contribution in [2.24, 2.45) is 0 Å². The second-order valence-corrected chi connectivity index (χ2v) is 6.98. The van der Waals surface area contributed by atoms with Crippen LogP contribution in [0.3, 0.4) is 0 Å². The second-order valence-electron chi connectivity index (χ2n) is 6.13. The maximum absolute atomic E-state index is 6.26. The van der Waals surface area contributed by atoms with E-state index in [2.05, 4.69) is 41.4 Å². The van der Waals surface area contributed by atoms with E-state index in [1.165, 1.54) is 11.1 Å². The zero-order valence-corrected chi connectivity index (χ0v) is 15.9. The lowest BCUT2D eigenvalue weighted by Crippen LogP contribution is -1.81. The Morgan fingerprint density at radius 3 is 2.30 bits per heavy atom. The maximum atomic E-state index is 6.26. The van der Waals surface area contributed by atoms with Gasteiger partial charge in [-0.3, -0.25) is 0 Å². The summed E-state index contributed by atoms with van der Waals surface area (Å²) in [5.74, 6) is 0. The summed E-state index contributed by atoms with van der Waals surface area (Å²) in [6.07, 6.45) is 7.71. The average Bonchev–Trinajstić information content (AvgIpc) is 3.16. The third kappa shape index (κ3) is 4.13. The van der Waals surface area contributed by atoms with Crippen LogP contribution in [0.15, 0.2) is 85.3 Å². The molecule has 0 bridgehead atoms. The molecule has 0 unspecified atom stereocenters. The highest BCUT2D eigenvalue weighted by atomic mass is 35.5. The molecule has 0 N–H and O–H groups in total. The molecule has 0 saturated heterocycles. The molecule has 3 aromatic carbocycles. The minimum atomic E-state index is 0.591. The molecule has 0 spiro atoms. The standard InChI is InChI=1S/C23H16Cl2N2/c24-20-10-11-21(22(25)14-20)23-15-27(16-26-23)13-12-17-6-8-19(9-7-17)18-4-2-1-3-5-18/h1-16H/b13-12+. The van der Waals surface area contributed by atoms with Crippen LogP contribution < -0.4 is 0 Å². The van der Waals surface area contributed by atoms with Gasteiger partial charge < -0.3 is 4.57 Å². The molecule has 0 aliphatic rings. The van der Waals surface area contributed by atoms with Gasteiger partial charge in [-0.25, -0.2) is 4.98 Å². The number of benzene rings is 3. The predicted octanol–water partition coefficient (Wildman–Crippen LogP) is 7.15. The SMILES string of the molecule is Clc1ccc(-c2cn(/C=C/c3ccc(-c4ccccc4)cc3)cn2)c(Cl)c1. The van der Waals surface area contributed by atoms with E-state index in [4.69, 9.17) is 23.2 Å². The van der Waals surface area contributed by atoms with Gasteiger partial charge in [-0.1, -0.05) is 77.8 Å². The van der Waals surface area contributed by atoms with Crippen LogP contribution in [0.5, 0.6) is 0 Å². The third-order valence-corrected chi connectivity index (χ3v) is 4.81. The van der Waals surface area contributed by atoms with Gasteiger partial charge in [-0.15, -0.1) is 0 Å². The number of hydrogen-bond donors (Lipinski definition) is 0. The van der Waals surface area contributed by atoms with Crippen LogP contribution >= 0.6 is 23.2 Å². The van der Waals surface area contributed by atoms with Crippen LogP contribution in [-0.2, 0) is 0 Å². The predicted molar refractivity (Wildman–Crippen MR) is 115 cm³/mol. The fourth-order valence-electron chi connectivity index (χ4n) is 2.84. The number of rotatable bonds is 4. The lowest BCUT2D eigenvalue weighted by atomic mass is 10.0. The van der Waals surface area contributed by atoms with E-state index in [0.717, 1.165) is 16.8 Å². The van der Waals surface area contributed by atoms with Gasteiger partial charge in [0.1, 0.15) is 0 Å². The van der Waals surface area contributed by atoms with Crippen molar-refractivity contribution in [2.75, 3.05) is 0 Å². The molecule has 0 aliphatic heterocycles. The van der Waals surface area contributed by atoms with Gasteiger partial charge in [0.15, 0.2) is 0 Å². The first-order chi connectivity index (χ1) is 13.2. The van der Waals surface area contributed by atoms with E-state index in [-0.39, 0.29) is 0 Å². The van der Waals surface area contributed by atoms with Crippen molar-refractivity contribution < 1.29 is 0 Å². The fourth-order valence-corrected chi connectivity index (χ4v) is 3.35. The molecule has 0 radical (unpaired) electrons. The van der Waals surface area contributed by atoms with Crippen LogP contribution in [0.1, 0.15) is 5.56 Å². The lowest BCUT2D eigenvalue weighted by molar-refractivity contribution is 1.14. The highest BCUT2D eigenvalue weighted by Crippen LogP contribution is 2.29. The van der Waals surface area contributed by atoms with Crippen molar-refractivity contribution in [2.45, 2.75) is 0 Å². The normalized spacial score (nSPS) is 11.2. The Labute approximate surface area is 168 Å². The van der Waals surface area contributed by atoms with E-state index in [9.17, 15) is 0 Å². The number of halogens is 2. The number of hydrogen-bond acceptors (Lipinski definition) is 1. The van der Waals surface area contributed by atoms with Gasteiger partial charge in [0.05, 0.1) is 17.0 Å². The van der Waals surface area contributed by atoms with Gasteiger partial charge in [0, 0.05) is 23.0 Å². The second kappa shape index (κ2) is 7.83. The highest BCUT2D eigenvalue weighted by molar-refractivity contribution is 6.36. The first-order valence-corrected chi connectivity index (χ1v) is 9.27. The van der Waals surface area contributed by atoms with Gasteiger partial charge in [0.25, 0.3) is 0 Å². The van der Waals surface area contributed by atoms with Crippen LogP contribution in [0.2, 0.25) is 10.0 Å². The minimum absolute atomic E-state index is 0.591. The summed E-state index contributed by atoms with van der Waals surface area (Å²) in [7, 11) is 0. The molecule has 0 atom stereocenters. The smallest absolute Gasteiger partial charge is 0.0994 e. The molecule has 132 valence electrons. The van der Waals surface area contributed by atoms with Crippen LogP contribution in [0.25, 0.3) is 34.7 Å². The quantitative estimate of drug-likeness (QED) is 0.361. The number of imidazole rings is 1. The molecule has 4 heteroatoms. The molecule has 0 aliphatic carbocycles. The summed E-state index contributed by atoms with van der Waals surface area (Å²) in [6, 6.07) is 24.2. The molecule has 0 fully saturated rings. The summed E-state index contributed by atoms with van der Waals surface area (Å²) in [4.78, 5) is 4.43. The van der Waals surface area contributed by atoms with E-state index in [1.54, 1.807) is 12.4 Å². The molecule has 2 nitrogen and oxygen atoms in total. The minimum Gasteiger partial charge on any atom is -0.312 e. The Morgan fingerprint density at radius 1 is 0.815 bits per heavy atom. The van der Waals surface area contributed by atoms with Crippen LogP contribution in [-0.4, -0.2) is 9.55 Å². The highest BCUT2D eigenvalue weighted by Gasteiger charge is 2.06. The summed E-state index contributed by atoms with van der Waals surface area (Å²) in [5.41, 5.74) is 5.21. The summed E-state index contributed by atoms with van der Waals surface area (Å²) >= 11 is 12.2. The third-order valence-electron chi connectivity index (χ3n) is 4.27. The molecule has 4 aromatic rings. The summed E-state index contributed by atoms with van der Waals surface area (Å²) in [5, 5.41) is 1.20. The lowest BCUT2D eigenvalue weighted by Gasteiger charge is -2.02. The van der Waals surface area contributed by atoms with E-state index in [0.29, 0.717) is 10.0 Å². The van der Waals surface area contributed by atoms with Gasteiger partial charge in [-0.05, 0) is 41.0 Å². The van der Waals surface area contributed by atoms with Crippen molar-refractivity contribution in [1.29, 1.82) is 0 Å². The Bertz CT molecular complexity index is 1080. The first-order valence-electron chi connectivity index (χ1n) is 8.52. The molecular weight excluding hydrogens is 375 g/mol. The van der Waals surface area contributed by atoms with Crippen molar-refractivity contribution >= 4 is 35.5 Å². The largest absolute Gasteiger partial charge is 0.312 e. The first kappa shape index (κ1) is 17.6. The Morgan fingerprint density at radius 2 is 1.56 bits per heavy atom. The summed E-state index contributed by atoms with van der Waals surface area (Å²) in [6.45, 7) is 0. The van der Waals surface area contributed by atoms with Crippen LogP contribution in [0.4, 0.5) is 0 Å². The molecule has 1 heterocycles. The van der Waals surface area contributed by atoms with Crippen molar-refractivity contribution in [3.05, 3.63) is 101 Å². The molecular formula is C23H16Cl2N2. The monoisotopic (exact) mass is 390 g/mol. The number of nitrogens with zero attached hydrogens (tertiary/aromatic N) is 2. The molecule has 0 saturated carbocycles. The van der Waals surface area contributed by atoms with Crippen molar-refractivity contribution in [3.8, 4) is 22.4 Å². The molecule has 4 rings (SSSR count). The van der Waals surface area contributed by atoms with Crippen LogP contribution in [0, 0.1) is 0 Å². The maximum Gasteiger partial charge on any atom is 0.0994 e. The van der Waals surface area contributed by atoms with Crippen molar-refractivity contribution in [3.63, 3.8) is 0 Å². The zero-order chi connectivity index (χ0) is 18.6. The zero-order valence-electron chi connectivity index (χ0n) is 14.4. The van der Waals surface area contributed by atoms with Gasteiger partial charge in [-0.2, -0.15) is 0 Å². The average molecular weight is 391 g/mol. The van der Waals surface area contributed by atoms with Gasteiger partial charge >= 0.3 is 0 Å². The van der Waals surface area contributed by atoms with E-state index in [1.807, 2.05) is 53.4 Å². The molecule has 0 amide bonds. The Kier molecular flexibility index (Phi) is 5.10. The molecule has 1 aromatic heterocycles. The number of aromatic nitrogens is 2. The van der Waals surface area contributed by atoms with E-state index < -0.39 is 0 Å². The fraction of sp³-hybridized carbons (Fsp3) is 0. The topological polar surface area (TPSA) is 17.8 Å².